The first-order valence-corrected chi connectivity index (χ1v) is 10.7. The number of anilines is 1. The molecule has 0 radical (unpaired) electrons. The number of benzene rings is 2. The average molecular weight is 405 g/mol. The van der Waals surface area contributed by atoms with Crippen molar-refractivity contribution in [2.75, 3.05) is 31.1 Å². The highest BCUT2D eigenvalue weighted by atomic mass is 15.6. The van der Waals surface area contributed by atoms with Gasteiger partial charge >= 0.3 is 0 Å². The molecular formula is C24H32N6. The molecule has 1 aromatic heterocycles. The number of rotatable bonds is 4. The Morgan fingerprint density at radius 2 is 1.60 bits per heavy atom. The molecule has 0 unspecified atom stereocenters. The Morgan fingerprint density at radius 3 is 2.27 bits per heavy atom. The molecule has 0 N–H and O–H groups in total. The van der Waals surface area contributed by atoms with Crippen LogP contribution in [0, 0.1) is 13.8 Å². The van der Waals surface area contributed by atoms with Gasteiger partial charge < -0.3 is 4.90 Å². The minimum absolute atomic E-state index is 0.0428. The Balaban J connectivity index is 1.63. The third-order valence-electron chi connectivity index (χ3n) is 5.87. The van der Waals surface area contributed by atoms with E-state index in [1.807, 2.05) is 4.68 Å². The van der Waals surface area contributed by atoms with Gasteiger partial charge in [0.25, 0.3) is 0 Å². The van der Waals surface area contributed by atoms with E-state index in [0.717, 1.165) is 32.0 Å². The molecule has 158 valence electrons. The summed E-state index contributed by atoms with van der Waals surface area (Å²) in [6.07, 6.45) is 0. The molecule has 2 aromatic carbocycles. The molecule has 1 aliphatic heterocycles. The van der Waals surface area contributed by atoms with E-state index in [1.54, 1.807) is 0 Å². The van der Waals surface area contributed by atoms with Gasteiger partial charge in [-0.1, -0.05) is 42.5 Å². The van der Waals surface area contributed by atoms with E-state index in [0.29, 0.717) is 0 Å². The molecule has 0 saturated carbocycles. The van der Waals surface area contributed by atoms with E-state index in [9.17, 15) is 0 Å². The van der Waals surface area contributed by atoms with Crippen LogP contribution in [0.25, 0.3) is 0 Å². The molecule has 1 saturated heterocycles. The van der Waals surface area contributed by atoms with E-state index in [-0.39, 0.29) is 11.6 Å². The van der Waals surface area contributed by atoms with Gasteiger partial charge in [0, 0.05) is 31.9 Å². The zero-order valence-corrected chi connectivity index (χ0v) is 18.7. The van der Waals surface area contributed by atoms with Crippen molar-refractivity contribution in [3.05, 3.63) is 71.0 Å². The molecule has 1 aliphatic rings. The van der Waals surface area contributed by atoms with Crippen LogP contribution in [0.2, 0.25) is 0 Å². The van der Waals surface area contributed by atoms with Crippen molar-refractivity contribution in [2.45, 2.75) is 46.2 Å². The van der Waals surface area contributed by atoms with Gasteiger partial charge in [0.15, 0.2) is 5.82 Å². The molecule has 0 amide bonds. The van der Waals surface area contributed by atoms with E-state index >= 15 is 0 Å². The molecule has 1 fully saturated rings. The lowest BCUT2D eigenvalue weighted by molar-refractivity contribution is 0.191. The molecule has 0 aliphatic carbocycles. The fraction of sp³-hybridized carbons (Fsp3) is 0.458. The van der Waals surface area contributed by atoms with Gasteiger partial charge in [0.1, 0.15) is 0 Å². The highest BCUT2D eigenvalue weighted by molar-refractivity contribution is 5.55. The number of hydrogen-bond donors (Lipinski definition) is 0. The molecule has 30 heavy (non-hydrogen) atoms. The summed E-state index contributed by atoms with van der Waals surface area (Å²) in [5.74, 6) is 0.911. The molecule has 6 heteroatoms. The standard InChI is InChI=1S/C24H32N6/c1-18-11-12-19(2)21(17-18)28-13-15-29(16-14-28)22(20-9-7-6-8-10-20)23-25-26-27-30(23)24(3,4)5/h6-12,17,22H,13-16H2,1-5H3/t22-/m0/s1. The van der Waals surface area contributed by atoms with E-state index in [1.165, 1.54) is 22.4 Å². The van der Waals surface area contributed by atoms with E-state index in [4.69, 9.17) is 0 Å². The van der Waals surface area contributed by atoms with Crippen molar-refractivity contribution in [3.63, 3.8) is 0 Å². The lowest BCUT2D eigenvalue weighted by atomic mass is 10.0. The molecule has 2 heterocycles. The average Bonchev–Trinajstić information content (AvgIpc) is 3.21. The topological polar surface area (TPSA) is 50.1 Å². The van der Waals surface area contributed by atoms with Gasteiger partial charge in [-0.2, -0.15) is 0 Å². The molecular weight excluding hydrogens is 372 g/mol. The van der Waals surface area contributed by atoms with Crippen LogP contribution in [0.4, 0.5) is 5.69 Å². The number of aryl methyl sites for hydroxylation is 2. The number of hydrogen-bond acceptors (Lipinski definition) is 5. The fourth-order valence-corrected chi connectivity index (χ4v) is 4.28. The van der Waals surface area contributed by atoms with Crippen LogP contribution in [0.5, 0.6) is 0 Å². The number of nitrogens with zero attached hydrogens (tertiary/aromatic N) is 6. The first-order chi connectivity index (χ1) is 14.3. The van der Waals surface area contributed by atoms with Crippen LogP contribution in [0.1, 0.15) is 49.3 Å². The second kappa shape index (κ2) is 8.19. The maximum Gasteiger partial charge on any atom is 0.173 e. The fourth-order valence-electron chi connectivity index (χ4n) is 4.28. The van der Waals surface area contributed by atoms with Crippen LogP contribution in [0.15, 0.2) is 48.5 Å². The first kappa shape index (κ1) is 20.5. The first-order valence-electron chi connectivity index (χ1n) is 10.7. The molecule has 6 nitrogen and oxygen atoms in total. The summed E-state index contributed by atoms with van der Waals surface area (Å²) in [4.78, 5) is 5.03. The monoisotopic (exact) mass is 404 g/mol. The molecule has 0 spiro atoms. The Kier molecular flexibility index (Phi) is 5.60. The lowest BCUT2D eigenvalue weighted by Gasteiger charge is -2.41. The SMILES string of the molecule is Cc1ccc(C)c(N2CCN([C@@H](c3ccccc3)c3nnnn3C(C)(C)C)CC2)c1. The second-order valence-electron chi connectivity index (χ2n) is 9.25. The zero-order valence-electron chi connectivity index (χ0n) is 18.7. The van der Waals surface area contributed by atoms with Gasteiger partial charge in [-0.3, -0.25) is 4.90 Å². The summed E-state index contributed by atoms with van der Waals surface area (Å²) in [6, 6.07) is 17.4. The van der Waals surface area contributed by atoms with Crippen LogP contribution in [0.3, 0.4) is 0 Å². The second-order valence-corrected chi connectivity index (χ2v) is 9.25. The molecule has 0 bridgehead atoms. The summed E-state index contributed by atoms with van der Waals surface area (Å²) in [5.41, 5.74) is 5.06. The lowest BCUT2D eigenvalue weighted by Crippen LogP contribution is -2.49. The minimum atomic E-state index is -0.174. The van der Waals surface area contributed by atoms with Gasteiger partial charge in [-0.05, 0) is 67.8 Å². The van der Waals surface area contributed by atoms with Crippen molar-refractivity contribution in [1.82, 2.24) is 25.1 Å². The van der Waals surface area contributed by atoms with Crippen molar-refractivity contribution in [3.8, 4) is 0 Å². The smallest absolute Gasteiger partial charge is 0.173 e. The third kappa shape index (κ3) is 4.10. The quantitative estimate of drug-likeness (QED) is 0.659. The highest BCUT2D eigenvalue weighted by Crippen LogP contribution is 2.31. The zero-order chi connectivity index (χ0) is 21.3. The minimum Gasteiger partial charge on any atom is -0.369 e. The summed E-state index contributed by atoms with van der Waals surface area (Å²) < 4.78 is 1.97. The maximum absolute atomic E-state index is 4.48. The summed E-state index contributed by atoms with van der Waals surface area (Å²) in [6.45, 7) is 14.7. The largest absolute Gasteiger partial charge is 0.369 e. The molecule has 1 atom stereocenters. The Bertz CT molecular complexity index is 980. The Hall–Kier alpha value is -2.73. The van der Waals surface area contributed by atoms with Crippen molar-refractivity contribution < 1.29 is 0 Å². The highest BCUT2D eigenvalue weighted by Gasteiger charge is 2.33. The number of piperazine rings is 1. The van der Waals surface area contributed by atoms with Crippen LogP contribution in [-0.4, -0.2) is 51.3 Å². The summed E-state index contributed by atoms with van der Waals surface area (Å²) in [5, 5.41) is 12.9. The predicted molar refractivity (Wildman–Crippen MR) is 121 cm³/mol. The van der Waals surface area contributed by atoms with Crippen LogP contribution in [-0.2, 0) is 5.54 Å². The molecule has 4 rings (SSSR count). The van der Waals surface area contributed by atoms with Crippen LogP contribution >= 0.6 is 0 Å². The van der Waals surface area contributed by atoms with E-state index < -0.39 is 0 Å². The number of aromatic nitrogens is 4. The van der Waals surface area contributed by atoms with Gasteiger partial charge in [0.05, 0.1) is 11.6 Å². The van der Waals surface area contributed by atoms with Gasteiger partial charge in [0.2, 0.25) is 0 Å². The summed E-state index contributed by atoms with van der Waals surface area (Å²) in [7, 11) is 0. The van der Waals surface area contributed by atoms with E-state index in [2.05, 4.69) is 108 Å². The maximum atomic E-state index is 4.48. The normalized spacial score (nSPS) is 16.6. The van der Waals surface area contributed by atoms with Crippen molar-refractivity contribution in [2.24, 2.45) is 0 Å². The van der Waals surface area contributed by atoms with Gasteiger partial charge in [-0.15, -0.1) is 5.10 Å². The Labute approximate surface area is 179 Å². The molecule has 3 aromatic rings. The van der Waals surface area contributed by atoms with Gasteiger partial charge in [-0.25, -0.2) is 4.68 Å². The summed E-state index contributed by atoms with van der Waals surface area (Å²) >= 11 is 0. The number of tetrazole rings is 1. The predicted octanol–water partition coefficient (Wildman–Crippen LogP) is 3.96. The van der Waals surface area contributed by atoms with Crippen molar-refractivity contribution >= 4 is 5.69 Å². The van der Waals surface area contributed by atoms with Crippen molar-refractivity contribution in [1.29, 1.82) is 0 Å². The third-order valence-corrected chi connectivity index (χ3v) is 5.87. The Morgan fingerprint density at radius 1 is 0.900 bits per heavy atom. The van der Waals surface area contributed by atoms with Crippen LogP contribution < -0.4 is 4.90 Å².